The highest BCUT2D eigenvalue weighted by atomic mass is 16.6. The molecule has 0 fully saturated rings. The monoisotopic (exact) mass is 282 g/mol. The summed E-state index contributed by atoms with van der Waals surface area (Å²) in [5.41, 5.74) is 6.37. The summed E-state index contributed by atoms with van der Waals surface area (Å²) >= 11 is 0. The zero-order valence-electron chi connectivity index (χ0n) is 11.3. The number of rotatable bonds is 4. The Bertz CT molecular complexity index is 660. The lowest BCUT2D eigenvalue weighted by molar-refractivity contribution is 0.134. The Labute approximate surface area is 122 Å². The first-order chi connectivity index (χ1) is 10.2. The summed E-state index contributed by atoms with van der Waals surface area (Å²) in [7, 11) is 0. The van der Waals surface area contributed by atoms with Gasteiger partial charge in [-0.05, 0) is 36.3 Å². The van der Waals surface area contributed by atoms with Crippen molar-refractivity contribution in [3.63, 3.8) is 0 Å². The van der Waals surface area contributed by atoms with E-state index in [2.05, 4.69) is 21.6 Å². The molecule has 106 valence electrons. The van der Waals surface area contributed by atoms with Crippen LogP contribution < -0.4 is 10.5 Å². The van der Waals surface area contributed by atoms with Crippen LogP contribution in [0.5, 0.6) is 5.75 Å². The molecule has 0 saturated heterocycles. The lowest BCUT2D eigenvalue weighted by atomic mass is 10.2. The van der Waals surface area contributed by atoms with Crippen molar-refractivity contribution in [1.29, 1.82) is 0 Å². The molecular formula is C16H14N2O3. The lowest BCUT2D eigenvalue weighted by Crippen LogP contribution is -2.17. The summed E-state index contributed by atoms with van der Waals surface area (Å²) in [6.07, 6.45) is 0.885. The summed E-state index contributed by atoms with van der Waals surface area (Å²) in [6.45, 7) is 0.346. The van der Waals surface area contributed by atoms with Crippen LogP contribution in [-0.4, -0.2) is 24.3 Å². The molecule has 1 amide bonds. The fourth-order valence-corrected chi connectivity index (χ4v) is 1.54. The topological polar surface area (TPSA) is 74.4 Å². The summed E-state index contributed by atoms with van der Waals surface area (Å²) < 4.78 is 10.0. The molecule has 0 saturated carbocycles. The van der Waals surface area contributed by atoms with Gasteiger partial charge in [0.25, 0.3) is 0 Å². The molecule has 0 unspecified atom stereocenters. The molecule has 1 heterocycles. The van der Waals surface area contributed by atoms with Crippen LogP contribution in [0.3, 0.4) is 0 Å². The van der Waals surface area contributed by atoms with Crippen molar-refractivity contribution in [3.05, 3.63) is 59.9 Å². The van der Waals surface area contributed by atoms with Gasteiger partial charge in [0.05, 0.1) is 0 Å². The molecule has 0 atom stereocenters. The van der Waals surface area contributed by atoms with E-state index in [1.54, 1.807) is 18.3 Å². The van der Waals surface area contributed by atoms with E-state index in [0.717, 1.165) is 5.56 Å². The van der Waals surface area contributed by atoms with Gasteiger partial charge in [0.1, 0.15) is 24.7 Å². The zero-order chi connectivity index (χ0) is 14.9. The standard InChI is InChI=1S/C16H14N2O3/c17-16(19)21-11-10-20-15-6-3-4-13(12-15)7-8-14-5-1-2-9-18-14/h1-6,9,12H,10-11H2,(H2,17,19). The van der Waals surface area contributed by atoms with E-state index < -0.39 is 6.09 Å². The SMILES string of the molecule is NC(=O)OCCOc1cccc(C#Cc2ccccn2)c1. The van der Waals surface area contributed by atoms with Crippen molar-refractivity contribution >= 4 is 6.09 Å². The van der Waals surface area contributed by atoms with Gasteiger partial charge in [-0.25, -0.2) is 9.78 Å². The van der Waals surface area contributed by atoms with Gasteiger partial charge in [-0.15, -0.1) is 0 Å². The Morgan fingerprint density at radius 3 is 2.81 bits per heavy atom. The molecule has 2 rings (SSSR count). The molecule has 1 aromatic heterocycles. The van der Waals surface area contributed by atoms with Crippen molar-refractivity contribution < 1.29 is 14.3 Å². The third kappa shape index (κ3) is 5.25. The van der Waals surface area contributed by atoms with E-state index in [-0.39, 0.29) is 13.2 Å². The van der Waals surface area contributed by atoms with Gasteiger partial charge in [0, 0.05) is 11.8 Å². The Hall–Kier alpha value is -3.00. The lowest BCUT2D eigenvalue weighted by Gasteiger charge is -2.06. The number of nitrogens with zero attached hydrogens (tertiary/aromatic N) is 1. The maximum atomic E-state index is 10.4. The second kappa shape index (κ2) is 7.56. The van der Waals surface area contributed by atoms with Crippen LogP contribution in [0, 0.1) is 11.8 Å². The quantitative estimate of drug-likeness (QED) is 0.687. The molecule has 21 heavy (non-hydrogen) atoms. The van der Waals surface area contributed by atoms with Crippen molar-refractivity contribution in [1.82, 2.24) is 4.98 Å². The number of amides is 1. The minimum absolute atomic E-state index is 0.110. The maximum Gasteiger partial charge on any atom is 0.404 e. The first kappa shape index (κ1) is 14.4. The number of ether oxygens (including phenoxy) is 2. The van der Waals surface area contributed by atoms with Crippen LogP contribution in [0.25, 0.3) is 0 Å². The highest BCUT2D eigenvalue weighted by Crippen LogP contribution is 2.12. The number of hydrogen-bond donors (Lipinski definition) is 1. The van der Waals surface area contributed by atoms with Crippen molar-refractivity contribution in [3.8, 4) is 17.6 Å². The molecule has 0 aliphatic rings. The molecule has 2 aromatic rings. The van der Waals surface area contributed by atoms with E-state index in [0.29, 0.717) is 11.4 Å². The number of aromatic nitrogens is 1. The minimum Gasteiger partial charge on any atom is -0.490 e. The molecule has 5 nitrogen and oxygen atoms in total. The minimum atomic E-state index is -0.812. The van der Waals surface area contributed by atoms with Gasteiger partial charge in [0.15, 0.2) is 0 Å². The molecule has 0 aliphatic carbocycles. The zero-order valence-corrected chi connectivity index (χ0v) is 11.3. The van der Waals surface area contributed by atoms with Crippen LogP contribution in [0.2, 0.25) is 0 Å². The van der Waals surface area contributed by atoms with E-state index >= 15 is 0 Å². The summed E-state index contributed by atoms with van der Waals surface area (Å²) in [5, 5.41) is 0. The number of nitrogens with two attached hydrogens (primary N) is 1. The maximum absolute atomic E-state index is 10.4. The fraction of sp³-hybridized carbons (Fsp3) is 0.125. The second-order valence-electron chi connectivity index (χ2n) is 4.01. The summed E-state index contributed by atoms with van der Waals surface area (Å²) in [4.78, 5) is 14.5. The Morgan fingerprint density at radius 2 is 2.05 bits per heavy atom. The van der Waals surface area contributed by atoms with E-state index in [9.17, 15) is 4.79 Å². The average molecular weight is 282 g/mol. The second-order valence-corrected chi connectivity index (χ2v) is 4.01. The third-order valence-electron chi connectivity index (χ3n) is 2.43. The molecule has 0 spiro atoms. The van der Waals surface area contributed by atoms with Crippen molar-refractivity contribution in [2.24, 2.45) is 5.73 Å². The highest BCUT2D eigenvalue weighted by molar-refractivity contribution is 5.64. The first-order valence-electron chi connectivity index (χ1n) is 6.32. The predicted molar refractivity (Wildman–Crippen MR) is 77.7 cm³/mol. The van der Waals surface area contributed by atoms with E-state index in [1.807, 2.05) is 30.3 Å². The van der Waals surface area contributed by atoms with Crippen LogP contribution >= 0.6 is 0 Å². The van der Waals surface area contributed by atoms with Gasteiger partial charge in [-0.1, -0.05) is 18.1 Å². The first-order valence-corrected chi connectivity index (χ1v) is 6.32. The number of primary amides is 1. The Morgan fingerprint density at radius 1 is 1.14 bits per heavy atom. The highest BCUT2D eigenvalue weighted by Gasteiger charge is 1.97. The summed E-state index contributed by atoms with van der Waals surface area (Å²) in [6, 6.07) is 12.9. The van der Waals surface area contributed by atoms with Gasteiger partial charge in [-0.2, -0.15) is 0 Å². The predicted octanol–water partition coefficient (Wildman–Crippen LogP) is 1.96. The van der Waals surface area contributed by atoms with Crippen LogP contribution in [-0.2, 0) is 4.74 Å². The number of benzene rings is 1. The van der Waals surface area contributed by atoms with Crippen LogP contribution in [0.1, 0.15) is 11.3 Å². The van der Waals surface area contributed by atoms with Crippen LogP contribution in [0.15, 0.2) is 48.7 Å². The average Bonchev–Trinajstić information content (AvgIpc) is 2.51. The number of carbonyl (C=O) groups excluding carboxylic acids is 1. The molecule has 1 aromatic carbocycles. The fourth-order valence-electron chi connectivity index (χ4n) is 1.54. The number of hydrogen-bond acceptors (Lipinski definition) is 4. The van der Waals surface area contributed by atoms with Crippen molar-refractivity contribution in [2.75, 3.05) is 13.2 Å². The normalized spacial score (nSPS) is 9.33. The summed E-state index contributed by atoms with van der Waals surface area (Å²) in [5.74, 6) is 6.63. The van der Waals surface area contributed by atoms with Gasteiger partial charge in [-0.3, -0.25) is 0 Å². The number of pyridine rings is 1. The smallest absolute Gasteiger partial charge is 0.404 e. The molecule has 5 heteroatoms. The molecule has 0 radical (unpaired) electrons. The largest absolute Gasteiger partial charge is 0.490 e. The molecular weight excluding hydrogens is 268 g/mol. The molecule has 0 bridgehead atoms. The molecule has 2 N–H and O–H groups in total. The Balaban J connectivity index is 1.95. The third-order valence-corrected chi connectivity index (χ3v) is 2.43. The molecule has 0 aliphatic heterocycles. The van der Waals surface area contributed by atoms with Gasteiger partial charge in [0.2, 0.25) is 0 Å². The Kier molecular flexibility index (Phi) is 5.18. The van der Waals surface area contributed by atoms with Gasteiger partial charge >= 0.3 is 6.09 Å². The number of carbonyl (C=O) groups is 1. The van der Waals surface area contributed by atoms with E-state index in [1.165, 1.54) is 0 Å². The van der Waals surface area contributed by atoms with E-state index in [4.69, 9.17) is 10.5 Å². The van der Waals surface area contributed by atoms with Gasteiger partial charge < -0.3 is 15.2 Å². The van der Waals surface area contributed by atoms with Crippen molar-refractivity contribution in [2.45, 2.75) is 0 Å². The van der Waals surface area contributed by atoms with Crippen LogP contribution in [0.4, 0.5) is 4.79 Å².